The summed E-state index contributed by atoms with van der Waals surface area (Å²) >= 11 is 0. The zero-order valence-electron chi connectivity index (χ0n) is 14.9. The Kier molecular flexibility index (Phi) is 6.20. The van der Waals surface area contributed by atoms with E-state index in [0.717, 1.165) is 44.4 Å². The molecule has 6 nitrogen and oxygen atoms in total. The fourth-order valence-corrected chi connectivity index (χ4v) is 3.51. The van der Waals surface area contributed by atoms with E-state index in [0.29, 0.717) is 19.6 Å². The molecule has 3 amide bonds. The predicted molar refractivity (Wildman–Crippen MR) is 93.7 cm³/mol. The van der Waals surface area contributed by atoms with Crippen LogP contribution in [0.25, 0.3) is 0 Å². The Bertz CT molecular complexity index is 710. The minimum atomic E-state index is -1.62. The molecule has 0 aliphatic carbocycles. The van der Waals surface area contributed by atoms with Crippen molar-refractivity contribution in [1.82, 2.24) is 15.5 Å². The van der Waals surface area contributed by atoms with Crippen LogP contribution in [0.2, 0.25) is 0 Å². The lowest BCUT2D eigenvalue weighted by molar-refractivity contribution is -0.123. The molecule has 1 aromatic rings. The van der Waals surface area contributed by atoms with Crippen molar-refractivity contribution >= 4 is 17.6 Å². The van der Waals surface area contributed by atoms with Crippen LogP contribution < -0.4 is 16.0 Å². The van der Waals surface area contributed by atoms with Gasteiger partial charge in [0, 0.05) is 19.6 Å². The maximum atomic E-state index is 13.7. The second-order valence-electron chi connectivity index (χ2n) is 7.00. The highest BCUT2D eigenvalue weighted by molar-refractivity contribution is 5.89. The number of urea groups is 1. The maximum absolute atomic E-state index is 13.7. The number of hydrogen-bond donors (Lipinski definition) is 3. The van der Waals surface area contributed by atoms with Crippen LogP contribution in [-0.2, 0) is 4.79 Å². The van der Waals surface area contributed by atoms with Crippen LogP contribution in [0.4, 0.5) is 23.7 Å². The molecule has 3 rings (SSSR count). The number of piperidine rings is 1. The smallest absolute Gasteiger partial charge is 0.321 e. The second-order valence-corrected chi connectivity index (χ2v) is 7.00. The molecule has 9 heteroatoms. The first-order valence-electron chi connectivity index (χ1n) is 9.16. The van der Waals surface area contributed by atoms with Crippen LogP contribution >= 0.6 is 0 Å². The van der Waals surface area contributed by atoms with E-state index in [1.54, 1.807) is 0 Å². The quantitative estimate of drug-likeness (QED) is 0.697. The van der Waals surface area contributed by atoms with Crippen LogP contribution in [0.5, 0.6) is 0 Å². The van der Waals surface area contributed by atoms with Gasteiger partial charge in [-0.2, -0.15) is 0 Å². The van der Waals surface area contributed by atoms with Crippen LogP contribution in [0.3, 0.4) is 0 Å². The molecule has 0 radical (unpaired) electrons. The molecule has 2 atom stereocenters. The van der Waals surface area contributed by atoms with Crippen LogP contribution in [0.15, 0.2) is 12.1 Å². The van der Waals surface area contributed by atoms with Crippen molar-refractivity contribution < 1.29 is 22.8 Å². The van der Waals surface area contributed by atoms with Crippen molar-refractivity contribution in [2.24, 2.45) is 5.92 Å². The van der Waals surface area contributed by atoms with E-state index in [2.05, 4.69) is 16.0 Å². The molecule has 2 fully saturated rings. The van der Waals surface area contributed by atoms with E-state index in [9.17, 15) is 22.8 Å². The van der Waals surface area contributed by atoms with Crippen molar-refractivity contribution in [2.45, 2.75) is 31.7 Å². The zero-order valence-corrected chi connectivity index (χ0v) is 14.9. The lowest BCUT2D eigenvalue weighted by atomic mass is 9.98. The average molecular weight is 384 g/mol. The molecule has 0 spiro atoms. The summed E-state index contributed by atoms with van der Waals surface area (Å²) in [5.74, 6) is -4.29. The summed E-state index contributed by atoms with van der Waals surface area (Å²) in [5, 5.41) is 8.33. The van der Waals surface area contributed by atoms with Crippen molar-refractivity contribution in [3.8, 4) is 0 Å². The van der Waals surface area contributed by atoms with Crippen molar-refractivity contribution in [2.75, 3.05) is 31.5 Å². The van der Waals surface area contributed by atoms with E-state index in [1.165, 1.54) is 4.90 Å². The number of likely N-dealkylation sites (tertiary alicyclic amines) is 1. The first-order valence-corrected chi connectivity index (χ1v) is 9.16. The van der Waals surface area contributed by atoms with Gasteiger partial charge in [0.05, 0.1) is 11.7 Å². The van der Waals surface area contributed by atoms with Crippen LogP contribution in [0.1, 0.15) is 25.7 Å². The van der Waals surface area contributed by atoms with Gasteiger partial charge in [0.25, 0.3) is 0 Å². The van der Waals surface area contributed by atoms with Gasteiger partial charge >= 0.3 is 6.03 Å². The number of rotatable bonds is 4. The SMILES string of the molecule is O=C(NCC1CCCN(C(=O)Nc2ccc(F)c(F)c2F)C1)C1CCCN1. The Balaban J connectivity index is 1.52. The van der Waals surface area contributed by atoms with E-state index >= 15 is 0 Å². The third kappa shape index (κ3) is 4.71. The van der Waals surface area contributed by atoms with E-state index in [-0.39, 0.29) is 17.9 Å². The Labute approximate surface area is 155 Å². The van der Waals surface area contributed by atoms with Gasteiger partial charge in [0.1, 0.15) is 0 Å². The summed E-state index contributed by atoms with van der Waals surface area (Å²) in [5.41, 5.74) is -0.401. The normalized spacial score (nSPS) is 22.6. The number of nitrogens with one attached hydrogen (secondary N) is 3. The zero-order chi connectivity index (χ0) is 19.4. The largest absolute Gasteiger partial charge is 0.354 e. The highest BCUT2D eigenvalue weighted by atomic mass is 19.2. The topological polar surface area (TPSA) is 73.5 Å². The van der Waals surface area contributed by atoms with Gasteiger partial charge in [-0.1, -0.05) is 0 Å². The molecule has 27 heavy (non-hydrogen) atoms. The van der Waals surface area contributed by atoms with Crippen molar-refractivity contribution in [1.29, 1.82) is 0 Å². The van der Waals surface area contributed by atoms with Gasteiger partial charge in [0.15, 0.2) is 17.5 Å². The highest BCUT2D eigenvalue weighted by Gasteiger charge is 2.27. The fraction of sp³-hybridized carbons (Fsp3) is 0.556. The molecular formula is C18H23F3N4O2. The van der Waals surface area contributed by atoms with E-state index in [1.807, 2.05) is 0 Å². The standard InChI is InChI=1S/C18H23F3N4O2/c19-12-5-6-13(16(21)15(12)20)24-18(27)25-8-2-3-11(10-25)9-23-17(26)14-4-1-7-22-14/h5-6,11,14,22H,1-4,7-10H2,(H,23,26)(H,24,27). The van der Waals surface area contributed by atoms with Gasteiger partial charge in [-0.05, 0) is 50.3 Å². The molecule has 2 unspecified atom stereocenters. The third-order valence-electron chi connectivity index (χ3n) is 5.02. The number of carbonyl (C=O) groups excluding carboxylic acids is 2. The fourth-order valence-electron chi connectivity index (χ4n) is 3.51. The summed E-state index contributed by atoms with van der Waals surface area (Å²) < 4.78 is 40.0. The summed E-state index contributed by atoms with van der Waals surface area (Å²) in [6.07, 6.45) is 3.42. The van der Waals surface area contributed by atoms with Crippen molar-refractivity contribution in [3.63, 3.8) is 0 Å². The minimum Gasteiger partial charge on any atom is -0.354 e. The molecule has 0 saturated carbocycles. The Hall–Kier alpha value is -2.29. The van der Waals surface area contributed by atoms with E-state index in [4.69, 9.17) is 0 Å². The molecule has 0 bridgehead atoms. The number of carbonyl (C=O) groups is 2. The molecule has 2 aliphatic heterocycles. The van der Waals surface area contributed by atoms with Crippen LogP contribution in [0, 0.1) is 23.4 Å². The second kappa shape index (κ2) is 8.60. The summed E-state index contributed by atoms with van der Waals surface area (Å²) in [6, 6.07) is 1.03. The molecule has 1 aromatic carbocycles. The Morgan fingerprint density at radius 2 is 1.96 bits per heavy atom. The summed E-state index contributed by atoms with van der Waals surface area (Å²) in [6.45, 7) is 2.18. The number of amides is 3. The van der Waals surface area contributed by atoms with Crippen molar-refractivity contribution in [3.05, 3.63) is 29.6 Å². The third-order valence-corrected chi connectivity index (χ3v) is 5.02. The van der Waals surface area contributed by atoms with Gasteiger partial charge < -0.3 is 20.9 Å². The molecular weight excluding hydrogens is 361 g/mol. The van der Waals surface area contributed by atoms with Gasteiger partial charge in [-0.25, -0.2) is 18.0 Å². The maximum Gasteiger partial charge on any atom is 0.321 e. The number of benzene rings is 1. The van der Waals surface area contributed by atoms with Gasteiger partial charge in [-0.15, -0.1) is 0 Å². The first-order chi connectivity index (χ1) is 13.0. The molecule has 2 heterocycles. The lowest BCUT2D eigenvalue weighted by Gasteiger charge is -2.33. The average Bonchev–Trinajstić information content (AvgIpc) is 3.21. The lowest BCUT2D eigenvalue weighted by Crippen LogP contribution is -2.47. The number of halogens is 3. The molecule has 0 aromatic heterocycles. The summed E-state index contributed by atoms with van der Waals surface area (Å²) in [4.78, 5) is 25.9. The molecule has 2 aliphatic rings. The van der Waals surface area contributed by atoms with Gasteiger partial charge in [0.2, 0.25) is 5.91 Å². The Morgan fingerprint density at radius 3 is 2.70 bits per heavy atom. The number of anilines is 1. The highest BCUT2D eigenvalue weighted by Crippen LogP contribution is 2.22. The first kappa shape index (κ1) is 19.5. The summed E-state index contributed by atoms with van der Waals surface area (Å²) in [7, 11) is 0. The number of nitrogens with zero attached hydrogens (tertiary/aromatic N) is 1. The Morgan fingerprint density at radius 1 is 1.15 bits per heavy atom. The minimum absolute atomic E-state index is 0.0297. The number of hydrogen-bond acceptors (Lipinski definition) is 3. The predicted octanol–water partition coefficient (Wildman–Crippen LogP) is 2.22. The molecule has 3 N–H and O–H groups in total. The van der Waals surface area contributed by atoms with E-state index < -0.39 is 29.2 Å². The van der Waals surface area contributed by atoms with Crippen LogP contribution in [-0.4, -0.2) is 49.1 Å². The van der Waals surface area contributed by atoms with Gasteiger partial charge in [-0.3, -0.25) is 4.79 Å². The molecule has 2 saturated heterocycles. The molecule has 148 valence electrons. The monoisotopic (exact) mass is 384 g/mol.